The maximum Gasteiger partial charge on any atom is 0.172 e. The maximum absolute atomic E-state index is 2.18. The van der Waals surface area contributed by atoms with Crippen molar-refractivity contribution < 1.29 is 4.57 Å². The van der Waals surface area contributed by atoms with Gasteiger partial charge in [0.15, 0.2) is 18.9 Å². The van der Waals surface area contributed by atoms with Gasteiger partial charge < -0.3 is 0 Å². The number of allylic oxidation sites excluding steroid dienone is 1. The van der Waals surface area contributed by atoms with Gasteiger partial charge in [-0.25, -0.2) is 4.57 Å². The molecule has 1 aromatic carbocycles. The quantitative estimate of drug-likeness (QED) is 0.686. The van der Waals surface area contributed by atoms with Gasteiger partial charge in [0.1, 0.15) is 0 Å². The fourth-order valence-electron chi connectivity index (χ4n) is 1.64. The van der Waals surface area contributed by atoms with Crippen molar-refractivity contribution in [3.05, 3.63) is 72.1 Å². The normalized spacial score (nSPS) is 10.8. The number of rotatable bonds is 3. The highest BCUT2D eigenvalue weighted by atomic mass is 14.9. The number of hydrogen-bond acceptors (Lipinski definition) is 0. The smallest absolute Gasteiger partial charge is 0.172 e. The monoisotopic (exact) mass is 210 g/mol. The van der Waals surface area contributed by atoms with E-state index in [0.717, 1.165) is 6.54 Å². The molecule has 0 aliphatic carbocycles. The Morgan fingerprint density at radius 1 is 1.06 bits per heavy atom. The van der Waals surface area contributed by atoms with E-state index in [-0.39, 0.29) is 0 Å². The van der Waals surface area contributed by atoms with Crippen molar-refractivity contribution in [2.75, 3.05) is 0 Å². The Morgan fingerprint density at radius 3 is 2.62 bits per heavy atom. The van der Waals surface area contributed by atoms with E-state index >= 15 is 0 Å². The molecule has 0 aliphatic heterocycles. The molecule has 0 aliphatic rings. The van der Waals surface area contributed by atoms with Gasteiger partial charge in [-0.15, -0.1) is 0 Å². The first-order valence-electron chi connectivity index (χ1n) is 5.52. The molecule has 16 heavy (non-hydrogen) atoms. The van der Waals surface area contributed by atoms with E-state index in [9.17, 15) is 0 Å². The number of pyridine rings is 1. The summed E-state index contributed by atoms with van der Waals surface area (Å²) >= 11 is 0. The van der Waals surface area contributed by atoms with Crippen molar-refractivity contribution in [2.45, 2.75) is 13.5 Å². The molecule has 0 fully saturated rings. The van der Waals surface area contributed by atoms with Crippen LogP contribution in [0.1, 0.15) is 11.1 Å². The highest BCUT2D eigenvalue weighted by molar-refractivity contribution is 5.48. The van der Waals surface area contributed by atoms with Crippen LogP contribution in [0.2, 0.25) is 0 Å². The average Bonchev–Trinajstić information content (AvgIpc) is 2.30. The Hall–Kier alpha value is -1.89. The van der Waals surface area contributed by atoms with Gasteiger partial charge in [-0.2, -0.15) is 0 Å². The molecule has 1 heterocycles. The van der Waals surface area contributed by atoms with Gasteiger partial charge in [0.2, 0.25) is 0 Å². The molecule has 0 atom stereocenters. The summed E-state index contributed by atoms with van der Waals surface area (Å²) < 4.78 is 2.18. The van der Waals surface area contributed by atoms with Crippen molar-refractivity contribution in [3.63, 3.8) is 0 Å². The lowest BCUT2D eigenvalue weighted by molar-refractivity contribution is -0.687. The zero-order valence-corrected chi connectivity index (χ0v) is 9.51. The first kappa shape index (κ1) is 10.6. The van der Waals surface area contributed by atoms with Crippen molar-refractivity contribution in [3.8, 4) is 0 Å². The molecule has 2 rings (SSSR count). The third kappa shape index (κ3) is 3.06. The highest BCUT2D eigenvalue weighted by Crippen LogP contribution is 2.00. The zero-order valence-electron chi connectivity index (χ0n) is 9.51. The lowest BCUT2D eigenvalue weighted by Crippen LogP contribution is -2.31. The number of nitrogens with zero attached hydrogens (tertiary/aromatic N) is 1. The predicted octanol–water partition coefficient (Wildman–Crippen LogP) is 3.00. The standard InChI is InChI=1S/C15H16N/c1-14-7-5-11-16(13-14)12-6-10-15-8-3-2-4-9-15/h2-11,13H,12H2,1H3/q+1/b10-6+. The van der Waals surface area contributed by atoms with Crippen LogP contribution in [0, 0.1) is 6.92 Å². The fraction of sp³-hybridized carbons (Fsp3) is 0.133. The van der Waals surface area contributed by atoms with E-state index in [1.54, 1.807) is 0 Å². The van der Waals surface area contributed by atoms with Gasteiger partial charge in [-0.1, -0.05) is 36.4 Å². The lowest BCUT2D eigenvalue weighted by Gasteiger charge is -1.93. The summed E-state index contributed by atoms with van der Waals surface area (Å²) in [6, 6.07) is 14.5. The van der Waals surface area contributed by atoms with Gasteiger partial charge in [0.05, 0.1) is 0 Å². The molecule has 0 radical (unpaired) electrons. The molecule has 0 N–H and O–H groups in total. The van der Waals surface area contributed by atoms with Gasteiger partial charge in [-0.3, -0.25) is 0 Å². The van der Waals surface area contributed by atoms with Gasteiger partial charge in [0, 0.05) is 11.6 Å². The van der Waals surface area contributed by atoms with E-state index in [1.807, 2.05) is 6.07 Å². The molecular weight excluding hydrogens is 194 g/mol. The topological polar surface area (TPSA) is 3.88 Å². The molecule has 2 aromatic rings. The van der Waals surface area contributed by atoms with Crippen LogP contribution in [0.4, 0.5) is 0 Å². The molecular formula is C15H16N+. The van der Waals surface area contributed by atoms with Crippen molar-refractivity contribution >= 4 is 6.08 Å². The lowest BCUT2D eigenvalue weighted by atomic mass is 10.2. The first-order chi connectivity index (χ1) is 7.84. The third-order valence-corrected chi connectivity index (χ3v) is 2.43. The Kier molecular flexibility index (Phi) is 3.50. The molecule has 0 spiro atoms. The van der Waals surface area contributed by atoms with E-state index < -0.39 is 0 Å². The largest absolute Gasteiger partial charge is 0.201 e. The van der Waals surface area contributed by atoms with Crippen LogP contribution >= 0.6 is 0 Å². The second-order valence-corrected chi connectivity index (χ2v) is 3.89. The minimum atomic E-state index is 0.913. The maximum atomic E-state index is 2.18. The summed E-state index contributed by atoms with van der Waals surface area (Å²) in [6.07, 6.45) is 8.56. The average molecular weight is 210 g/mol. The van der Waals surface area contributed by atoms with Gasteiger partial charge >= 0.3 is 0 Å². The van der Waals surface area contributed by atoms with Crippen LogP contribution < -0.4 is 4.57 Å². The fourth-order valence-corrected chi connectivity index (χ4v) is 1.64. The van der Waals surface area contributed by atoms with E-state index in [1.165, 1.54) is 11.1 Å². The summed E-state index contributed by atoms with van der Waals surface area (Å²) in [5, 5.41) is 0. The van der Waals surface area contributed by atoms with Gasteiger partial charge in [0.25, 0.3) is 0 Å². The second kappa shape index (κ2) is 5.26. The molecule has 1 heteroatoms. The molecule has 80 valence electrons. The van der Waals surface area contributed by atoms with Gasteiger partial charge in [-0.05, 0) is 24.6 Å². The first-order valence-corrected chi connectivity index (χ1v) is 5.52. The third-order valence-electron chi connectivity index (χ3n) is 2.43. The van der Waals surface area contributed by atoms with Crippen LogP contribution in [-0.4, -0.2) is 0 Å². The molecule has 0 unspecified atom stereocenters. The minimum Gasteiger partial charge on any atom is -0.201 e. The van der Waals surface area contributed by atoms with Crippen LogP contribution in [0.25, 0.3) is 6.08 Å². The summed E-state index contributed by atoms with van der Waals surface area (Å²) in [6.45, 7) is 3.02. The molecule has 1 nitrogen and oxygen atoms in total. The van der Waals surface area contributed by atoms with Crippen LogP contribution in [0.3, 0.4) is 0 Å². The highest BCUT2D eigenvalue weighted by Gasteiger charge is 1.95. The predicted molar refractivity (Wildman–Crippen MR) is 66.9 cm³/mol. The van der Waals surface area contributed by atoms with Crippen LogP contribution in [0.5, 0.6) is 0 Å². The van der Waals surface area contributed by atoms with E-state index in [4.69, 9.17) is 0 Å². The Balaban J connectivity index is 2.00. The molecule has 1 aromatic heterocycles. The molecule has 0 amide bonds. The van der Waals surface area contributed by atoms with Crippen molar-refractivity contribution in [1.82, 2.24) is 0 Å². The second-order valence-electron chi connectivity index (χ2n) is 3.89. The minimum absolute atomic E-state index is 0.913. The van der Waals surface area contributed by atoms with Crippen LogP contribution in [-0.2, 0) is 6.54 Å². The number of benzene rings is 1. The summed E-state index contributed by atoms with van der Waals surface area (Å²) in [7, 11) is 0. The number of aryl methyl sites for hydroxylation is 1. The Labute approximate surface area is 96.7 Å². The van der Waals surface area contributed by atoms with Crippen LogP contribution in [0.15, 0.2) is 60.9 Å². The van der Waals surface area contributed by atoms with E-state index in [2.05, 4.69) is 72.4 Å². The number of aromatic nitrogens is 1. The molecule has 0 saturated carbocycles. The summed E-state index contributed by atoms with van der Waals surface area (Å²) in [5.74, 6) is 0. The van der Waals surface area contributed by atoms with Crippen molar-refractivity contribution in [2.24, 2.45) is 0 Å². The summed E-state index contributed by atoms with van der Waals surface area (Å²) in [4.78, 5) is 0. The number of hydrogen-bond donors (Lipinski definition) is 0. The molecule has 0 saturated heterocycles. The zero-order chi connectivity index (χ0) is 11.2. The Bertz CT molecular complexity index is 472. The van der Waals surface area contributed by atoms with E-state index in [0.29, 0.717) is 0 Å². The SMILES string of the molecule is Cc1ccc[n+](C/C=C/c2ccccc2)c1. The Morgan fingerprint density at radius 2 is 1.88 bits per heavy atom. The van der Waals surface area contributed by atoms with Crippen molar-refractivity contribution in [1.29, 1.82) is 0 Å². The summed E-state index contributed by atoms with van der Waals surface area (Å²) in [5.41, 5.74) is 2.53. The molecule has 0 bridgehead atoms.